The Morgan fingerprint density at radius 1 is 1.15 bits per heavy atom. The predicted molar refractivity (Wildman–Crippen MR) is 125 cm³/mol. The Kier molecular flexibility index (Phi) is 6.79. The van der Waals surface area contributed by atoms with Gasteiger partial charge in [0.05, 0.1) is 31.9 Å². The first-order chi connectivity index (χ1) is 16.4. The van der Waals surface area contributed by atoms with Crippen molar-refractivity contribution in [2.75, 3.05) is 34.0 Å². The second kappa shape index (κ2) is 9.77. The van der Waals surface area contributed by atoms with E-state index in [2.05, 4.69) is 0 Å². The van der Waals surface area contributed by atoms with Crippen molar-refractivity contribution < 1.29 is 33.6 Å². The minimum atomic E-state index is -0.802. The van der Waals surface area contributed by atoms with Crippen LogP contribution in [0.15, 0.2) is 42.0 Å². The number of carbonyl (C=O) groups excluding carboxylic acids is 2. The molecule has 8 heteroatoms. The Bertz CT molecular complexity index is 1140. The van der Waals surface area contributed by atoms with Gasteiger partial charge in [0, 0.05) is 25.6 Å². The molecule has 1 saturated heterocycles. The molecule has 1 fully saturated rings. The van der Waals surface area contributed by atoms with Crippen molar-refractivity contribution in [2.45, 2.75) is 32.4 Å². The van der Waals surface area contributed by atoms with Gasteiger partial charge < -0.3 is 29.0 Å². The molecule has 34 heavy (non-hydrogen) atoms. The quantitative estimate of drug-likeness (QED) is 0.361. The zero-order valence-electron chi connectivity index (χ0n) is 19.8. The number of aliphatic hydroxyl groups is 1. The minimum absolute atomic E-state index is 0.0284. The number of fused-ring (bicyclic) bond motifs is 1. The van der Waals surface area contributed by atoms with E-state index in [9.17, 15) is 14.7 Å². The minimum Gasteiger partial charge on any atom is -0.507 e. The standard InChI is InChI=1S/C26H29NO7/c1-5-33-21-14-16(6-9-20(21)32-4)23-22(25(29)26(30)27(23)10-11-31-3)24(28)17-7-8-19-18(13-17)12-15(2)34-19/h6-9,13-15,23,28H,5,10-12H2,1-4H3/b24-22+. The Labute approximate surface area is 198 Å². The first-order valence-corrected chi connectivity index (χ1v) is 11.3. The highest BCUT2D eigenvalue weighted by Gasteiger charge is 2.46. The van der Waals surface area contributed by atoms with Gasteiger partial charge in [-0.3, -0.25) is 9.59 Å². The molecular weight excluding hydrogens is 438 g/mol. The molecule has 8 nitrogen and oxygen atoms in total. The number of likely N-dealkylation sites (tertiary alicyclic amines) is 1. The average molecular weight is 468 g/mol. The highest BCUT2D eigenvalue weighted by atomic mass is 16.5. The van der Waals surface area contributed by atoms with Crippen molar-refractivity contribution in [1.82, 2.24) is 4.90 Å². The number of hydrogen-bond donors (Lipinski definition) is 1. The van der Waals surface area contributed by atoms with Crippen molar-refractivity contribution in [1.29, 1.82) is 0 Å². The van der Waals surface area contributed by atoms with E-state index < -0.39 is 17.7 Å². The van der Waals surface area contributed by atoms with Crippen LogP contribution in [0.1, 0.15) is 36.6 Å². The lowest BCUT2D eigenvalue weighted by atomic mass is 9.94. The number of nitrogens with zero attached hydrogens (tertiary/aromatic N) is 1. The lowest BCUT2D eigenvalue weighted by Crippen LogP contribution is -2.32. The molecule has 2 heterocycles. The van der Waals surface area contributed by atoms with E-state index in [1.165, 1.54) is 12.0 Å². The molecule has 2 unspecified atom stereocenters. The molecule has 1 N–H and O–H groups in total. The molecule has 0 aliphatic carbocycles. The molecule has 2 atom stereocenters. The molecule has 0 radical (unpaired) electrons. The molecule has 0 bridgehead atoms. The summed E-state index contributed by atoms with van der Waals surface area (Å²) in [4.78, 5) is 27.6. The summed E-state index contributed by atoms with van der Waals surface area (Å²) >= 11 is 0. The van der Waals surface area contributed by atoms with Gasteiger partial charge in [-0.2, -0.15) is 0 Å². The first kappa shape index (κ1) is 23.6. The smallest absolute Gasteiger partial charge is 0.295 e. The summed E-state index contributed by atoms with van der Waals surface area (Å²) < 4.78 is 22.0. The van der Waals surface area contributed by atoms with Crippen LogP contribution in [0.4, 0.5) is 0 Å². The molecule has 0 saturated carbocycles. The number of carbonyl (C=O) groups is 2. The third-order valence-electron chi connectivity index (χ3n) is 6.05. The second-order valence-corrected chi connectivity index (χ2v) is 8.28. The van der Waals surface area contributed by atoms with Crippen molar-refractivity contribution >= 4 is 17.4 Å². The number of ether oxygens (including phenoxy) is 4. The lowest BCUT2D eigenvalue weighted by molar-refractivity contribution is -0.140. The van der Waals surface area contributed by atoms with Gasteiger partial charge in [-0.1, -0.05) is 6.07 Å². The summed E-state index contributed by atoms with van der Waals surface area (Å²) in [5, 5.41) is 11.3. The van der Waals surface area contributed by atoms with E-state index in [0.29, 0.717) is 35.7 Å². The molecule has 0 spiro atoms. The number of Topliss-reactive ketones (excluding diaryl/α,β-unsaturated/α-hetero) is 1. The van der Waals surface area contributed by atoms with E-state index in [1.54, 1.807) is 37.4 Å². The SMILES string of the molecule is CCOc1cc(C2/C(=C(\O)c3ccc4c(c3)CC(C)O4)C(=O)C(=O)N2CCOC)ccc1OC. The normalized spacial score (nSPS) is 20.9. The fourth-order valence-electron chi connectivity index (χ4n) is 4.50. The Morgan fingerprint density at radius 2 is 1.94 bits per heavy atom. The summed E-state index contributed by atoms with van der Waals surface area (Å²) in [6.07, 6.45) is 0.751. The Balaban J connectivity index is 1.84. The molecular formula is C26H29NO7. The van der Waals surface area contributed by atoms with Crippen LogP contribution >= 0.6 is 0 Å². The van der Waals surface area contributed by atoms with E-state index in [1.807, 2.05) is 19.9 Å². The molecule has 0 aromatic heterocycles. The maximum absolute atomic E-state index is 13.2. The van der Waals surface area contributed by atoms with Gasteiger partial charge in [0.15, 0.2) is 11.5 Å². The third kappa shape index (κ3) is 4.21. The molecule has 4 rings (SSSR count). The maximum Gasteiger partial charge on any atom is 0.295 e. The van der Waals surface area contributed by atoms with Crippen LogP contribution in [0.25, 0.3) is 5.76 Å². The monoisotopic (exact) mass is 467 g/mol. The third-order valence-corrected chi connectivity index (χ3v) is 6.05. The number of ketones is 1. The summed E-state index contributed by atoms with van der Waals surface area (Å²) in [6.45, 7) is 4.68. The lowest BCUT2D eigenvalue weighted by Gasteiger charge is -2.25. The van der Waals surface area contributed by atoms with Gasteiger partial charge in [0.25, 0.3) is 11.7 Å². The summed E-state index contributed by atoms with van der Waals surface area (Å²) in [6, 6.07) is 9.73. The molecule has 2 aromatic carbocycles. The Morgan fingerprint density at radius 3 is 2.65 bits per heavy atom. The van der Waals surface area contributed by atoms with Crippen LogP contribution in [0.2, 0.25) is 0 Å². The van der Waals surface area contributed by atoms with Gasteiger partial charge in [-0.05, 0) is 55.3 Å². The number of aliphatic hydroxyl groups excluding tert-OH is 1. The molecule has 2 aromatic rings. The van der Waals surface area contributed by atoms with Crippen LogP contribution in [0.5, 0.6) is 17.2 Å². The summed E-state index contributed by atoms with van der Waals surface area (Å²) in [5.41, 5.74) is 2.06. The number of benzene rings is 2. The van der Waals surface area contributed by atoms with Crippen molar-refractivity contribution in [3.05, 3.63) is 58.7 Å². The molecule has 2 aliphatic rings. The van der Waals surface area contributed by atoms with Crippen LogP contribution < -0.4 is 14.2 Å². The zero-order chi connectivity index (χ0) is 24.4. The largest absolute Gasteiger partial charge is 0.507 e. The summed E-state index contributed by atoms with van der Waals surface area (Å²) in [7, 11) is 3.07. The highest BCUT2D eigenvalue weighted by Crippen LogP contribution is 2.42. The van der Waals surface area contributed by atoms with E-state index in [4.69, 9.17) is 18.9 Å². The Hall–Kier alpha value is -3.52. The molecule has 180 valence electrons. The highest BCUT2D eigenvalue weighted by molar-refractivity contribution is 6.46. The zero-order valence-corrected chi connectivity index (χ0v) is 19.8. The number of rotatable bonds is 8. The van der Waals surface area contributed by atoms with Crippen LogP contribution in [-0.2, 0) is 20.7 Å². The van der Waals surface area contributed by atoms with Gasteiger partial charge in [-0.25, -0.2) is 0 Å². The topological polar surface area (TPSA) is 94.5 Å². The van der Waals surface area contributed by atoms with Gasteiger partial charge in [0.2, 0.25) is 0 Å². The molecule has 1 amide bonds. The van der Waals surface area contributed by atoms with E-state index in [-0.39, 0.29) is 30.6 Å². The molecule has 2 aliphatic heterocycles. The second-order valence-electron chi connectivity index (χ2n) is 8.28. The predicted octanol–water partition coefficient (Wildman–Crippen LogP) is 3.49. The van der Waals surface area contributed by atoms with Crippen molar-refractivity contribution in [2.24, 2.45) is 0 Å². The average Bonchev–Trinajstić information content (AvgIpc) is 3.33. The van der Waals surface area contributed by atoms with E-state index in [0.717, 1.165) is 11.3 Å². The number of methoxy groups -OCH3 is 2. The maximum atomic E-state index is 13.2. The van der Waals surface area contributed by atoms with Crippen molar-refractivity contribution in [3.8, 4) is 17.2 Å². The fourth-order valence-corrected chi connectivity index (χ4v) is 4.50. The number of amides is 1. The van der Waals surface area contributed by atoms with Crippen LogP contribution in [0, 0.1) is 0 Å². The van der Waals surface area contributed by atoms with Crippen LogP contribution in [-0.4, -0.2) is 61.8 Å². The number of hydrogen-bond acceptors (Lipinski definition) is 7. The first-order valence-electron chi connectivity index (χ1n) is 11.3. The van der Waals surface area contributed by atoms with Gasteiger partial charge >= 0.3 is 0 Å². The fraction of sp³-hybridized carbons (Fsp3) is 0.385. The summed E-state index contributed by atoms with van der Waals surface area (Å²) in [5.74, 6) is 0.140. The van der Waals surface area contributed by atoms with Gasteiger partial charge in [-0.15, -0.1) is 0 Å². The van der Waals surface area contributed by atoms with E-state index >= 15 is 0 Å². The van der Waals surface area contributed by atoms with Crippen LogP contribution in [0.3, 0.4) is 0 Å². The van der Waals surface area contributed by atoms with Gasteiger partial charge in [0.1, 0.15) is 17.6 Å². The van der Waals surface area contributed by atoms with Crippen molar-refractivity contribution in [3.63, 3.8) is 0 Å².